The van der Waals surface area contributed by atoms with Gasteiger partial charge in [-0.25, -0.2) is 4.98 Å². The molecule has 0 spiro atoms. The predicted octanol–water partition coefficient (Wildman–Crippen LogP) is 3.44. The molecule has 0 unspecified atom stereocenters. The fraction of sp³-hybridized carbons (Fsp3) is 0.353. The SMILES string of the molecule is CCOC(=O)CCCNc1cc(-c2cccc(Cl)c2C)nc(N)n1. The quantitative estimate of drug-likeness (QED) is 0.588. The maximum atomic E-state index is 11.3. The van der Waals surface area contributed by atoms with Crippen LogP contribution in [0.1, 0.15) is 25.3 Å². The second-order valence-corrected chi connectivity index (χ2v) is 5.65. The van der Waals surface area contributed by atoms with Gasteiger partial charge in [0.15, 0.2) is 0 Å². The van der Waals surface area contributed by atoms with Gasteiger partial charge >= 0.3 is 5.97 Å². The highest BCUT2D eigenvalue weighted by Gasteiger charge is 2.09. The minimum atomic E-state index is -0.197. The summed E-state index contributed by atoms with van der Waals surface area (Å²) in [6, 6.07) is 7.46. The first kappa shape index (κ1) is 18.0. The maximum Gasteiger partial charge on any atom is 0.305 e. The van der Waals surface area contributed by atoms with E-state index in [1.54, 1.807) is 6.92 Å². The molecule has 0 bridgehead atoms. The number of nitrogens with one attached hydrogen (secondary N) is 1. The van der Waals surface area contributed by atoms with Gasteiger partial charge in [-0.05, 0) is 31.9 Å². The highest BCUT2D eigenvalue weighted by molar-refractivity contribution is 6.31. The number of anilines is 2. The van der Waals surface area contributed by atoms with Crippen molar-refractivity contribution >= 4 is 29.3 Å². The molecule has 1 aromatic carbocycles. The third kappa shape index (κ3) is 4.83. The molecule has 3 N–H and O–H groups in total. The second-order valence-electron chi connectivity index (χ2n) is 5.24. The lowest BCUT2D eigenvalue weighted by molar-refractivity contribution is -0.143. The van der Waals surface area contributed by atoms with Gasteiger partial charge < -0.3 is 15.8 Å². The molecular formula is C17H21ClN4O2. The summed E-state index contributed by atoms with van der Waals surface area (Å²) in [5, 5.41) is 3.83. The van der Waals surface area contributed by atoms with Crippen molar-refractivity contribution in [2.45, 2.75) is 26.7 Å². The van der Waals surface area contributed by atoms with Crippen LogP contribution in [0.3, 0.4) is 0 Å². The monoisotopic (exact) mass is 348 g/mol. The third-order valence-corrected chi connectivity index (χ3v) is 3.87. The van der Waals surface area contributed by atoms with Crippen molar-refractivity contribution in [3.8, 4) is 11.3 Å². The van der Waals surface area contributed by atoms with Gasteiger partial charge in [-0.2, -0.15) is 4.98 Å². The summed E-state index contributed by atoms with van der Waals surface area (Å²) >= 11 is 6.17. The lowest BCUT2D eigenvalue weighted by Crippen LogP contribution is -2.10. The van der Waals surface area contributed by atoms with E-state index in [9.17, 15) is 4.79 Å². The zero-order valence-corrected chi connectivity index (χ0v) is 14.6. The predicted molar refractivity (Wildman–Crippen MR) is 96.0 cm³/mol. The molecule has 0 aliphatic carbocycles. The van der Waals surface area contributed by atoms with Gasteiger partial charge in [0.1, 0.15) is 5.82 Å². The Kier molecular flexibility index (Phi) is 6.37. The molecular weight excluding hydrogens is 328 g/mol. The molecule has 0 aliphatic rings. The van der Waals surface area contributed by atoms with Crippen molar-refractivity contribution in [3.63, 3.8) is 0 Å². The molecule has 2 aromatic rings. The number of rotatable bonds is 7. The minimum Gasteiger partial charge on any atom is -0.466 e. The van der Waals surface area contributed by atoms with Gasteiger partial charge in [0.2, 0.25) is 5.95 Å². The van der Waals surface area contributed by atoms with Gasteiger partial charge in [-0.1, -0.05) is 23.7 Å². The van der Waals surface area contributed by atoms with E-state index in [1.807, 2.05) is 31.2 Å². The van der Waals surface area contributed by atoms with Crippen LogP contribution >= 0.6 is 11.6 Å². The van der Waals surface area contributed by atoms with Crippen LogP contribution in [-0.2, 0) is 9.53 Å². The van der Waals surface area contributed by atoms with Crippen molar-refractivity contribution in [3.05, 3.63) is 34.9 Å². The minimum absolute atomic E-state index is 0.180. The average Bonchev–Trinajstić information content (AvgIpc) is 2.54. The zero-order chi connectivity index (χ0) is 17.5. The van der Waals surface area contributed by atoms with Crippen molar-refractivity contribution in [1.29, 1.82) is 0 Å². The molecule has 0 saturated carbocycles. The first-order chi connectivity index (χ1) is 11.5. The number of hydrogen-bond acceptors (Lipinski definition) is 6. The highest BCUT2D eigenvalue weighted by Crippen LogP contribution is 2.28. The van der Waals surface area contributed by atoms with Gasteiger partial charge in [-0.15, -0.1) is 0 Å². The molecule has 0 radical (unpaired) electrons. The van der Waals surface area contributed by atoms with E-state index in [-0.39, 0.29) is 11.9 Å². The summed E-state index contributed by atoms with van der Waals surface area (Å²) in [5.41, 5.74) is 8.36. The molecule has 0 amide bonds. The molecule has 0 atom stereocenters. The molecule has 1 aromatic heterocycles. The van der Waals surface area contributed by atoms with E-state index in [1.165, 1.54) is 0 Å². The van der Waals surface area contributed by atoms with Crippen LogP contribution in [-0.4, -0.2) is 29.1 Å². The summed E-state index contributed by atoms with van der Waals surface area (Å²) in [6.07, 6.45) is 1.01. The first-order valence-electron chi connectivity index (χ1n) is 7.80. The van der Waals surface area contributed by atoms with Crippen LogP contribution < -0.4 is 11.1 Å². The van der Waals surface area contributed by atoms with E-state index in [4.69, 9.17) is 22.1 Å². The standard InChI is InChI=1S/C17H21ClN4O2/c1-3-24-16(23)8-5-9-20-15-10-14(21-17(19)22-15)12-6-4-7-13(18)11(12)2/h4,6-7,10H,3,5,8-9H2,1-2H3,(H3,19,20,21,22). The number of carbonyl (C=O) groups is 1. The molecule has 0 saturated heterocycles. The zero-order valence-electron chi connectivity index (χ0n) is 13.8. The lowest BCUT2D eigenvalue weighted by atomic mass is 10.1. The largest absolute Gasteiger partial charge is 0.466 e. The van der Waals surface area contributed by atoms with E-state index in [2.05, 4.69) is 15.3 Å². The van der Waals surface area contributed by atoms with Crippen molar-refractivity contribution in [1.82, 2.24) is 9.97 Å². The van der Waals surface area contributed by atoms with E-state index in [0.29, 0.717) is 42.5 Å². The van der Waals surface area contributed by atoms with Crippen LogP contribution in [0, 0.1) is 6.92 Å². The Morgan fingerprint density at radius 2 is 2.17 bits per heavy atom. The summed E-state index contributed by atoms with van der Waals surface area (Å²) in [5.74, 6) is 0.595. The Morgan fingerprint density at radius 1 is 1.38 bits per heavy atom. The van der Waals surface area contributed by atoms with Crippen molar-refractivity contribution in [2.24, 2.45) is 0 Å². The molecule has 128 valence electrons. The van der Waals surface area contributed by atoms with E-state index >= 15 is 0 Å². The Labute approximate surface area is 146 Å². The van der Waals surface area contributed by atoms with Gasteiger partial charge in [-0.3, -0.25) is 4.79 Å². The van der Waals surface area contributed by atoms with Crippen LogP contribution in [0.25, 0.3) is 11.3 Å². The Bertz CT molecular complexity index is 722. The fourth-order valence-corrected chi connectivity index (χ4v) is 2.44. The van der Waals surface area contributed by atoms with Crippen LogP contribution in [0.5, 0.6) is 0 Å². The molecule has 24 heavy (non-hydrogen) atoms. The number of hydrogen-bond donors (Lipinski definition) is 2. The number of halogens is 1. The number of nitrogens with two attached hydrogens (primary N) is 1. The fourth-order valence-electron chi connectivity index (χ4n) is 2.26. The summed E-state index contributed by atoms with van der Waals surface area (Å²) < 4.78 is 4.89. The summed E-state index contributed by atoms with van der Waals surface area (Å²) in [6.45, 7) is 4.71. The topological polar surface area (TPSA) is 90.1 Å². The molecule has 1 heterocycles. The Hall–Kier alpha value is -2.34. The van der Waals surface area contributed by atoms with Crippen LogP contribution in [0.4, 0.5) is 11.8 Å². The normalized spacial score (nSPS) is 10.5. The first-order valence-corrected chi connectivity index (χ1v) is 8.18. The number of aromatic nitrogens is 2. The molecule has 0 aliphatic heterocycles. The maximum absolute atomic E-state index is 11.3. The Balaban J connectivity index is 2.06. The lowest BCUT2D eigenvalue weighted by Gasteiger charge is -2.10. The smallest absolute Gasteiger partial charge is 0.305 e. The molecule has 2 rings (SSSR count). The molecule has 7 heteroatoms. The van der Waals surface area contributed by atoms with E-state index in [0.717, 1.165) is 11.1 Å². The van der Waals surface area contributed by atoms with Gasteiger partial charge in [0, 0.05) is 29.6 Å². The number of esters is 1. The number of nitrogen functional groups attached to an aromatic ring is 1. The van der Waals surface area contributed by atoms with E-state index < -0.39 is 0 Å². The summed E-state index contributed by atoms with van der Waals surface area (Å²) in [7, 11) is 0. The molecule has 6 nitrogen and oxygen atoms in total. The second kappa shape index (κ2) is 8.49. The van der Waals surface area contributed by atoms with Crippen molar-refractivity contribution in [2.75, 3.05) is 24.2 Å². The van der Waals surface area contributed by atoms with Gasteiger partial charge in [0.05, 0.1) is 12.3 Å². The number of ether oxygens (including phenoxy) is 1. The highest BCUT2D eigenvalue weighted by atomic mass is 35.5. The number of benzene rings is 1. The summed E-state index contributed by atoms with van der Waals surface area (Å²) in [4.78, 5) is 19.8. The Morgan fingerprint density at radius 3 is 2.92 bits per heavy atom. The number of nitrogens with zero attached hydrogens (tertiary/aromatic N) is 2. The number of carbonyl (C=O) groups excluding carboxylic acids is 1. The van der Waals surface area contributed by atoms with Crippen molar-refractivity contribution < 1.29 is 9.53 Å². The average molecular weight is 349 g/mol. The molecule has 0 fully saturated rings. The third-order valence-electron chi connectivity index (χ3n) is 3.46. The van der Waals surface area contributed by atoms with Crippen LogP contribution in [0.2, 0.25) is 5.02 Å². The van der Waals surface area contributed by atoms with Gasteiger partial charge in [0.25, 0.3) is 0 Å². The van der Waals surface area contributed by atoms with Crippen LogP contribution in [0.15, 0.2) is 24.3 Å².